The SMILES string of the molecule is Cc1nc(-c2ccc(F)cc2)sc1C(=O)OCC(=O)c1ccc(Cl)s1. The van der Waals surface area contributed by atoms with Crippen LogP contribution in [0, 0.1) is 12.7 Å². The molecule has 0 unspecified atom stereocenters. The number of aryl methyl sites for hydroxylation is 1. The lowest BCUT2D eigenvalue weighted by Crippen LogP contribution is -2.13. The molecule has 0 saturated heterocycles. The Hall–Kier alpha value is -2.09. The molecule has 0 aliphatic heterocycles. The number of benzene rings is 1. The normalized spacial score (nSPS) is 10.7. The molecule has 0 saturated carbocycles. The first-order valence-corrected chi connectivity index (χ1v) is 9.14. The fourth-order valence-electron chi connectivity index (χ4n) is 2.03. The molecule has 0 radical (unpaired) electrons. The number of carbonyl (C=O) groups excluding carboxylic acids is 2. The molecule has 128 valence electrons. The number of rotatable bonds is 5. The second kappa shape index (κ2) is 7.43. The van der Waals surface area contributed by atoms with Gasteiger partial charge in [-0.1, -0.05) is 11.6 Å². The maximum Gasteiger partial charge on any atom is 0.350 e. The van der Waals surface area contributed by atoms with Crippen LogP contribution in [0.15, 0.2) is 36.4 Å². The van der Waals surface area contributed by atoms with Crippen LogP contribution in [0.25, 0.3) is 10.6 Å². The molecule has 1 aromatic carbocycles. The predicted molar refractivity (Wildman–Crippen MR) is 96.2 cm³/mol. The maximum atomic E-state index is 13.0. The van der Waals surface area contributed by atoms with E-state index in [4.69, 9.17) is 16.3 Å². The van der Waals surface area contributed by atoms with Crippen LogP contribution in [-0.2, 0) is 4.74 Å². The van der Waals surface area contributed by atoms with Gasteiger partial charge in [-0.2, -0.15) is 0 Å². The number of carbonyl (C=O) groups is 2. The number of aromatic nitrogens is 1. The van der Waals surface area contributed by atoms with Gasteiger partial charge in [0.1, 0.15) is 15.7 Å². The summed E-state index contributed by atoms with van der Waals surface area (Å²) < 4.78 is 18.6. The van der Waals surface area contributed by atoms with Crippen LogP contribution in [0.3, 0.4) is 0 Å². The van der Waals surface area contributed by atoms with Crippen molar-refractivity contribution in [1.29, 1.82) is 0 Å². The van der Waals surface area contributed by atoms with Crippen molar-refractivity contribution < 1.29 is 18.7 Å². The highest BCUT2D eigenvalue weighted by Crippen LogP contribution is 2.28. The summed E-state index contributed by atoms with van der Waals surface area (Å²) in [4.78, 5) is 29.2. The molecule has 0 aliphatic carbocycles. The third-order valence-electron chi connectivity index (χ3n) is 3.26. The van der Waals surface area contributed by atoms with Gasteiger partial charge >= 0.3 is 5.97 Å². The van der Waals surface area contributed by atoms with Crippen molar-refractivity contribution in [2.75, 3.05) is 6.61 Å². The molecule has 0 atom stereocenters. The van der Waals surface area contributed by atoms with E-state index in [0.717, 1.165) is 22.7 Å². The number of hydrogen-bond acceptors (Lipinski definition) is 6. The van der Waals surface area contributed by atoms with Gasteiger partial charge in [0.2, 0.25) is 5.78 Å². The van der Waals surface area contributed by atoms with Crippen LogP contribution in [0.1, 0.15) is 25.0 Å². The molecule has 4 nitrogen and oxygen atoms in total. The number of ether oxygens (including phenoxy) is 1. The second-order valence-electron chi connectivity index (χ2n) is 5.04. The topological polar surface area (TPSA) is 56.3 Å². The molecule has 0 fully saturated rings. The minimum atomic E-state index is -0.612. The fraction of sp³-hybridized carbons (Fsp3) is 0.118. The smallest absolute Gasteiger partial charge is 0.350 e. The van der Waals surface area contributed by atoms with Gasteiger partial charge in [-0.05, 0) is 43.3 Å². The average Bonchev–Trinajstić information content (AvgIpc) is 3.19. The summed E-state index contributed by atoms with van der Waals surface area (Å²) in [5, 5.41) is 0.584. The van der Waals surface area contributed by atoms with E-state index >= 15 is 0 Å². The Morgan fingerprint density at radius 2 is 1.88 bits per heavy atom. The van der Waals surface area contributed by atoms with Gasteiger partial charge in [-0.25, -0.2) is 14.2 Å². The number of esters is 1. The van der Waals surface area contributed by atoms with Crippen molar-refractivity contribution in [2.24, 2.45) is 0 Å². The summed E-state index contributed by atoms with van der Waals surface area (Å²) >= 11 is 8.06. The molecule has 2 heterocycles. The van der Waals surface area contributed by atoms with Crippen molar-refractivity contribution in [3.63, 3.8) is 0 Å². The fourth-order valence-corrected chi connectivity index (χ4v) is 3.97. The van der Waals surface area contributed by atoms with Gasteiger partial charge in [0.05, 0.1) is 14.9 Å². The summed E-state index contributed by atoms with van der Waals surface area (Å²) in [6.07, 6.45) is 0. The van der Waals surface area contributed by atoms with Gasteiger partial charge < -0.3 is 4.74 Å². The third kappa shape index (κ3) is 4.12. The first kappa shape index (κ1) is 17.7. The molecule has 0 amide bonds. The van der Waals surface area contributed by atoms with Crippen LogP contribution in [0.5, 0.6) is 0 Å². The number of ketones is 1. The molecule has 0 bridgehead atoms. The third-order valence-corrected chi connectivity index (χ3v) is 5.71. The zero-order valence-electron chi connectivity index (χ0n) is 12.9. The highest BCUT2D eigenvalue weighted by atomic mass is 35.5. The molecular weight excluding hydrogens is 385 g/mol. The van der Waals surface area contributed by atoms with Crippen LogP contribution < -0.4 is 0 Å². The van der Waals surface area contributed by atoms with E-state index in [1.807, 2.05) is 0 Å². The summed E-state index contributed by atoms with van der Waals surface area (Å²) in [6.45, 7) is 1.32. The molecule has 3 rings (SSSR count). The predicted octanol–water partition coefficient (Wildman–Crippen LogP) is 5.01. The highest BCUT2D eigenvalue weighted by molar-refractivity contribution is 7.18. The Labute approximate surface area is 155 Å². The van der Waals surface area contributed by atoms with Crippen molar-refractivity contribution >= 4 is 46.0 Å². The Morgan fingerprint density at radius 3 is 2.52 bits per heavy atom. The van der Waals surface area contributed by atoms with Gasteiger partial charge in [0.25, 0.3) is 0 Å². The molecule has 2 aromatic heterocycles. The first-order chi connectivity index (χ1) is 11.9. The number of Topliss-reactive ketones (excluding diaryl/α,β-unsaturated/α-hetero) is 1. The van der Waals surface area contributed by atoms with E-state index in [9.17, 15) is 14.0 Å². The Morgan fingerprint density at radius 1 is 1.16 bits per heavy atom. The van der Waals surface area contributed by atoms with Crippen LogP contribution >= 0.6 is 34.3 Å². The van der Waals surface area contributed by atoms with Gasteiger partial charge in [0.15, 0.2) is 6.61 Å². The minimum Gasteiger partial charge on any atom is -0.453 e. The van der Waals surface area contributed by atoms with E-state index in [2.05, 4.69) is 4.98 Å². The number of thiophene rings is 1. The maximum absolute atomic E-state index is 13.0. The first-order valence-electron chi connectivity index (χ1n) is 7.13. The monoisotopic (exact) mass is 395 g/mol. The summed E-state index contributed by atoms with van der Waals surface area (Å²) in [5.41, 5.74) is 1.21. The number of nitrogens with zero attached hydrogens (tertiary/aromatic N) is 1. The average molecular weight is 396 g/mol. The van der Waals surface area contributed by atoms with Gasteiger partial charge in [-0.3, -0.25) is 4.79 Å². The standard InChI is InChI=1S/C17H11ClFNO3S2/c1-9-15(25-16(20-9)10-2-4-11(19)5-3-10)17(22)23-8-12(21)13-6-7-14(18)24-13/h2-7H,8H2,1H3. The Kier molecular flexibility index (Phi) is 5.27. The van der Waals surface area contributed by atoms with E-state index < -0.39 is 5.97 Å². The van der Waals surface area contributed by atoms with Crippen LogP contribution in [-0.4, -0.2) is 23.3 Å². The molecule has 8 heteroatoms. The molecule has 3 aromatic rings. The van der Waals surface area contributed by atoms with Crippen molar-refractivity contribution in [2.45, 2.75) is 6.92 Å². The van der Waals surface area contributed by atoms with Crippen molar-refractivity contribution in [3.8, 4) is 10.6 Å². The lowest BCUT2D eigenvalue weighted by atomic mass is 10.2. The minimum absolute atomic E-state index is 0.314. The number of thiazole rings is 1. The Balaban J connectivity index is 1.70. The zero-order chi connectivity index (χ0) is 18.0. The van der Waals surface area contributed by atoms with E-state index in [-0.39, 0.29) is 18.2 Å². The van der Waals surface area contributed by atoms with E-state index in [0.29, 0.717) is 30.4 Å². The van der Waals surface area contributed by atoms with Crippen LogP contribution in [0.4, 0.5) is 4.39 Å². The summed E-state index contributed by atoms with van der Waals surface area (Å²) in [7, 11) is 0. The Bertz CT molecular complexity index is 934. The molecule has 0 N–H and O–H groups in total. The van der Waals surface area contributed by atoms with Gasteiger partial charge in [-0.15, -0.1) is 22.7 Å². The number of hydrogen-bond donors (Lipinski definition) is 0. The summed E-state index contributed by atoms with van der Waals surface area (Å²) in [6, 6.07) is 9.04. The van der Waals surface area contributed by atoms with Crippen LogP contribution in [0.2, 0.25) is 4.34 Å². The molecule has 0 aliphatic rings. The van der Waals surface area contributed by atoms with Crippen molar-refractivity contribution in [3.05, 3.63) is 62.0 Å². The molecule has 0 spiro atoms. The highest BCUT2D eigenvalue weighted by Gasteiger charge is 2.19. The lowest BCUT2D eigenvalue weighted by Gasteiger charge is -2.01. The van der Waals surface area contributed by atoms with E-state index in [1.54, 1.807) is 31.2 Å². The quantitative estimate of drug-likeness (QED) is 0.450. The van der Waals surface area contributed by atoms with E-state index in [1.165, 1.54) is 12.1 Å². The van der Waals surface area contributed by atoms with Gasteiger partial charge in [0, 0.05) is 5.56 Å². The lowest BCUT2D eigenvalue weighted by molar-refractivity contribution is 0.0479. The van der Waals surface area contributed by atoms with Crippen molar-refractivity contribution in [1.82, 2.24) is 4.98 Å². The molecular formula is C17H11ClFNO3S2. The zero-order valence-corrected chi connectivity index (χ0v) is 15.3. The molecule has 25 heavy (non-hydrogen) atoms. The number of halogens is 2. The largest absolute Gasteiger partial charge is 0.453 e. The second-order valence-corrected chi connectivity index (χ2v) is 7.76. The summed E-state index contributed by atoms with van der Waals surface area (Å²) in [5.74, 6) is -1.27.